The zero-order chi connectivity index (χ0) is 13.1. The Morgan fingerprint density at radius 1 is 1.39 bits per heavy atom. The summed E-state index contributed by atoms with van der Waals surface area (Å²) in [5, 5.41) is 2.95. The average Bonchev–Trinajstić information content (AvgIpc) is 2.74. The predicted molar refractivity (Wildman–Crippen MR) is 68.0 cm³/mol. The lowest BCUT2D eigenvalue weighted by Crippen LogP contribution is -2.25. The Morgan fingerprint density at radius 2 is 2.17 bits per heavy atom. The summed E-state index contributed by atoms with van der Waals surface area (Å²) in [6, 6.07) is 7.90. The van der Waals surface area contributed by atoms with E-state index >= 15 is 0 Å². The molecule has 3 nitrogen and oxygen atoms in total. The number of carbonyl (C=O) groups excluding carboxylic acids is 1. The largest absolute Gasteiger partial charge is 0.347 e. The molecule has 0 atom stereocenters. The van der Waals surface area contributed by atoms with E-state index in [4.69, 9.17) is 11.6 Å². The van der Waals surface area contributed by atoms with Crippen LogP contribution in [0.15, 0.2) is 36.5 Å². The van der Waals surface area contributed by atoms with Crippen molar-refractivity contribution in [3.05, 3.63) is 58.6 Å². The van der Waals surface area contributed by atoms with Gasteiger partial charge in [-0.2, -0.15) is 0 Å². The van der Waals surface area contributed by atoms with E-state index in [0.717, 1.165) is 0 Å². The first-order valence-electron chi connectivity index (χ1n) is 5.42. The summed E-state index contributed by atoms with van der Waals surface area (Å²) in [6.45, 7) is 0.0650. The van der Waals surface area contributed by atoms with Crippen molar-refractivity contribution in [3.63, 3.8) is 0 Å². The molecule has 18 heavy (non-hydrogen) atoms. The summed E-state index contributed by atoms with van der Waals surface area (Å²) in [5.74, 6) is -0.684. The molecule has 0 bridgehead atoms. The molecule has 5 heteroatoms. The molecule has 0 aliphatic heterocycles. The number of nitrogens with zero attached hydrogens (tertiary/aromatic N) is 1. The number of rotatable bonds is 3. The molecule has 2 rings (SSSR count). The number of carbonyl (C=O) groups is 1. The molecule has 1 amide bonds. The number of amides is 1. The normalized spacial score (nSPS) is 10.4. The van der Waals surface area contributed by atoms with Crippen molar-refractivity contribution in [2.75, 3.05) is 0 Å². The minimum absolute atomic E-state index is 0.0650. The first-order valence-corrected chi connectivity index (χ1v) is 5.80. The lowest BCUT2D eigenvalue weighted by Gasteiger charge is -2.08. The van der Waals surface area contributed by atoms with Crippen molar-refractivity contribution in [2.45, 2.75) is 6.54 Å². The van der Waals surface area contributed by atoms with Gasteiger partial charge in [-0.15, -0.1) is 0 Å². The van der Waals surface area contributed by atoms with Crippen LogP contribution in [0.3, 0.4) is 0 Å². The van der Waals surface area contributed by atoms with E-state index in [0.29, 0.717) is 16.3 Å². The van der Waals surface area contributed by atoms with Crippen molar-refractivity contribution in [1.29, 1.82) is 0 Å². The molecule has 0 fully saturated rings. The van der Waals surface area contributed by atoms with Crippen LogP contribution in [0.1, 0.15) is 16.1 Å². The lowest BCUT2D eigenvalue weighted by atomic mass is 10.2. The van der Waals surface area contributed by atoms with Gasteiger partial charge in [-0.1, -0.05) is 17.7 Å². The Morgan fingerprint density at radius 3 is 2.78 bits per heavy atom. The number of hydrogen-bond acceptors (Lipinski definition) is 1. The van der Waals surface area contributed by atoms with Crippen LogP contribution in [0.25, 0.3) is 0 Å². The van der Waals surface area contributed by atoms with Gasteiger partial charge in [-0.05, 0) is 24.3 Å². The summed E-state index contributed by atoms with van der Waals surface area (Å²) in [4.78, 5) is 11.8. The van der Waals surface area contributed by atoms with Crippen molar-refractivity contribution < 1.29 is 9.18 Å². The van der Waals surface area contributed by atoms with Crippen molar-refractivity contribution in [2.24, 2.45) is 7.05 Å². The number of benzene rings is 1. The maximum absolute atomic E-state index is 13.5. The van der Waals surface area contributed by atoms with E-state index in [1.165, 1.54) is 12.1 Å². The molecule has 1 N–H and O–H groups in total. The van der Waals surface area contributed by atoms with Crippen LogP contribution in [-0.4, -0.2) is 10.5 Å². The molecule has 94 valence electrons. The third-order valence-corrected chi connectivity index (χ3v) is 3.02. The summed E-state index contributed by atoms with van der Waals surface area (Å²) < 4.78 is 15.2. The lowest BCUT2D eigenvalue weighted by molar-refractivity contribution is 0.0942. The molecule has 0 unspecified atom stereocenters. The van der Waals surface area contributed by atoms with Gasteiger partial charge in [0.2, 0.25) is 0 Å². The van der Waals surface area contributed by atoms with E-state index in [1.54, 1.807) is 36.0 Å². The highest BCUT2D eigenvalue weighted by Gasteiger charge is 2.11. The van der Waals surface area contributed by atoms with Crippen LogP contribution in [0, 0.1) is 5.82 Å². The number of hydrogen-bond donors (Lipinski definition) is 1. The van der Waals surface area contributed by atoms with E-state index in [9.17, 15) is 9.18 Å². The number of aromatic nitrogens is 1. The van der Waals surface area contributed by atoms with Gasteiger partial charge in [0.1, 0.15) is 11.5 Å². The molecular formula is C13H12ClFN2O. The Kier molecular flexibility index (Phi) is 3.67. The molecule has 0 spiro atoms. The maximum atomic E-state index is 13.5. The Hall–Kier alpha value is -1.81. The fourth-order valence-electron chi connectivity index (χ4n) is 1.66. The van der Waals surface area contributed by atoms with E-state index < -0.39 is 5.82 Å². The standard InChI is InChI=1S/C13H12ClFN2O/c1-17-7-3-6-12(17)13(18)16-8-9-10(14)4-2-5-11(9)15/h2-7H,8H2,1H3,(H,16,18). The first-order chi connectivity index (χ1) is 8.59. The highest BCUT2D eigenvalue weighted by Crippen LogP contribution is 2.18. The summed E-state index contributed by atoms with van der Waals surface area (Å²) in [7, 11) is 1.77. The minimum Gasteiger partial charge on any atom is -0.347 e. The number of nitrogens with one attached hydrogen (secondary N) is 1. The minimum atomic E-state index is -0.422. The molecule has 0 saturated carbocycles. The first kappa shape index (κ1) is 12.6. The zero-order valence-electron chi connectivity index (χ0n) is 9.78. The van der Waals surface area contributed by atoms with Crippen molar-refractivity contribution in [3.8, 4) is 0 Å². The van der Waals surface area contributed by atoms with Crippen LogP contribution >= 0.6 is 11.6 Å². The van der Waals surface area contributed by atoms with Crippen LogP contribution in [-0.2, 0) is 13.6 Å². The number of aryl methyl sites for hydroxylation is 1. The van der Waals surface area contributed by atoms with Crippen LogP contribution < -0.4 is 5.32 Å². The fraction of sp³-hybridized carbons (Fsp3) is 0.154. The molecule has 1 heterocycles. The van der Waals surface area contributed by atoms with Crippen LogP contribution in [0.4, 0.5) is 4.39 Å². The number of halogens is 2. The van der Waals surface area contributed by atoms with Crippen LogP contribution in [0.2, 0.25) is 5.02 Å². The second-order valence-corrected chi connectivity index (χ2v) is 4.29. The second-order valence-electron chi connectivity index (χ2n) is 3.89. The molecule has 2 aromatic rings. The van der Waals surface area contributed by atoms with E-state index in [2.05, 4.69) is 5.32 Å². The van der Waals surface area contributed by atoms with Crippen molar-refractivity contribution in [1.82, 2.24) is 9.88 Å². The molecule has 0 aliphatic rings. The van der Waals surface area contributed by atoms with Gasteiger partial charge >= 0.3 is 0 Å². The third-order valence-electron chi connectivity index (χ3n) is 2.66. The quantitative estimate of drug-likeness (QED) is 0.911. The topological polar surface area (TPSA) is 34.0 Å². The van der Waals surface area contributed by atoms with Gasteiger partial charge in [0, 0.05) is 30.4 Å². The molecule has 1 aromatic heterocycles. The average molecular weight is 267 g/mol. The van der Waals surface area contributed by atoms with E-state index in [1.807, 2.05) is 0 Å². The molecule has 0 aliphatic carbocycles. The Labute approximate surface area is 109 Å². The van der Waals surface area contributed by atoms with Crippen molar-refractivity contribution >= 4 is 17.5 Å². The Balaban J connectivity index is 2.09. The SMILES string of the molecule is Cn1cccc1C(=O)NCc1c(F)cccc1Cl. The molecular weight excluding hydrogens is 255 g/mol. The summed E-state index contributed by atoms with van der Waals surface area (Å²) >= 11 is 5.87. The molecule has 0 saturated heterocycles. The van der Waals surface area contributed by atoms with Gasteiger partial charge in [0.05, 0.1) is 0 Å². The predicted octanol–water partition coefficient (Wildman–Crippen LogP) is 2.75. The second kappa shape index (κ2) is 5.23. The highest BCUT2D eigenvalue weighted by molar-refractivity contribution is 6.31. The van der Waals surface area contributed by atoms with Gasteiger partial charge in [0.25, 0.3) is 5.91 Å². The monoisotopic (exact) mass is 266 g/mol. The van der Waals surface area contributed by atoms with Crippen LogP contribution in [0.5, 0.6) is 0 Å². The van der Waals surface area contributed by atoms with Gasteiger partial charge in [0.15, 0.2) is 0 Å². The molecule has 1 aromatic carbocycles. The maximum Gasteiger partial charge on any atom is 0.268 e. The smallest absolute Gasteiger partial charge is 0.268 e. The highest BCUT2D eigenvalue weighted by atomic mass is 35.5. The summed E-state index contributed by atoms with van der Waals surface area (Å²) in [6.07, 6.45) is 1.77. The third kappa shape index (κ3) is 2.54. The fourth-order valence-corrected chi connectivity index (χ4v) is 1.89. The Bertz CT molecular complexity index is 560. The van der Waals surface area contributed by atoms with Gasteiger partial charge < -0.3 is 9.88 Å². The van der Waals surface area contributed by atoms with E-state index in [-0.39, 0.29) is 12.5 Å². The molecule has 0 radical (unpaired) electrons. The van der Waals surface area contributed by atoms with Gasteiger partial charge in [-0.25, -0.2) is 4.39 Å². The summed E-state index contributed by atoms with van der Waals surface area (Å²) in [5.41, 5.74) is 0.809. The van der Waals surface area contributed by atoms with Gasteiger partial charge in [-0.3, -0.25) is 4.79 Å². The zero-order valence-corrected chi connectivity index (χ0v) is 10.5.